The van der Waals surface area contributed by atoms with Gasteiger partial charge in [-0.15, -0.1) is 0 Å². The van der Waals surface area contributed by atoms with Crippen LogP contribution in [0.1, 0.15) is 19.3 Å². The minimum Gasteiger partial charge on any atom is -0.394 e. The maximum Gasteiger partial charge on any atom is 0.148 e. The summed E-state index contributed by atoms with van der Waals surface area (Å²) in [6.45, 7) is -1.06. The van der Waals surface area contributed by atoms with Crippen LogP contribution in [0.3, 0.4) is 0 Å². The largest absolute Gasteiger partial charge is 0.394 e. The van der Waals surface area contributed by atoms with E-state index in [0.29, 0.717) is 6.29 Å². The van der Waals surface area contributed by atoms with Crippen molar-refractivity contribution in [2.45, 2.75) is 49.8 Å². The Morgan fingerprint density at radius 3 is 1.62 bits per heavy atom. The van der Waals surface area contributed by atoms with Gasteiger partial charge in [0.2, 0.25) is 0 Å². The molecule has 0 aliphatic rings. The van der Waals surface area contributed by atoms with Crippen LogP contribution in [0.25, 0.3) is 0 Å². The predicted molar refractivity (Wildman–Crippen MR) is 70.2 cm³/mol. The van der Waals surface area contributed by atoms with Gasteiger partial charge in [0.05, 0.1) is 25.4 Å². The summed E-state index contributed by atoms with van der Waals surface area (Å²) < 4.78 is 0. The molecule has 0 rings (SSSR count). The zero-order valence-corrected chi connectivity index (χ0v) is 11.5. The first-order chi connectivity index (χ1) is 9.83. The van der Waals surface area contributed by atoms with Crippen molar-refractivity contribution in [1.29, 1.82) is 0 Å². The second-order valence-electron chi connectivity index (χ2n) is 4.32. The molecule has 0 radical (unpaired) electrons. The average Bonchev–Trinajstić information content (AvgIpc) is 2.50. The zero-order valence-electron chi connectivity index (χ0n) is 11.5. The van der Waals surface area contributed by atoms with Crippen molar-refractivity contribution in [3.05, 3.63) is 0 Å². The first kappa shape index (κ1) is 22.3. The summed E-state index contributed by atoms with van der Waals surface area (Å²) in [7, 11) is 0. The van der Waals surface area contributed by atoms with Gasteiger partial charge in [-0.2, -0.15) is 0 Å². The van der Waals surface area contributed by atoms with Crippen LogP contribution in [0.2, 0.25) is 0 Å². The summed E-state index contributed by atoms with van der Waals surface area (Å²) in [6.07, 6.45) is -4.90. The maximum atomic E-state index is 9.85. The van der Waals surface area contributed by atoms with E-state index in [1.54, 1.807) is 0 Å². The van der Waals surface area contributed by atoms with Crippen LogP contribution in [0.15, 0.2) is 0 Å². The molecular weight excluding hydrogens is 288 g/mol. The normalized spacial score (nSPS) is 17.7. The monoisotopic (exact) mass is 312 g/mol. The van der Waals surface area contributed by atoms with Gasteiger partial charge < -0.3 is 45.3 Å². The van der Waals surface area contributed by atoms with Crippen LogP contribution >= 0.6 is 0 Å². The fourth-order valence-electron chi connectivity index (χ4n) is 1.13. The molecule has 126 valence electrons. The molecule has 3 unspecified atom stereocenters. The Hall–Kier alpha value is -0.940. The molecule has 0 amide bonds. The van der Waals surface area contributed by atoms with Crippen molar-refractivity contribution < 1.29 is 45.3 Å². The molecule has 9 heteroatoms. The number of hydrogen-bond acceptors (Lipinski definition) is 9. The Morgan fingerprint density at radius 2 is 1.24 bits per heavy atom. The molecule has 0 saturated heterocycles. The van der Waals surface area contributed by atoms with Gasteiger partial charge in [-0.25, -0.2) is 0 Å². The molecule has 0 saturated carbocycles. The molecule has 0 aliphatic carbocycles. The first-order valence-electron chi connectivity index (χ1n) is 6.34. The Labute approximate surface area is 122 Å². The summed E-state index contributed by atoms with van der Waals surface area (Å²) in [5.74, 6) is 0. The highest BCUT2D eigenvalue weighted by Crippen LogP contribution is 2.01. The third-order valence-corrected chi connectivity index (χ3v) is 2.48. The van der Waals surface area contributed by atoms with E-state index in [2.05, 4.69) is 0 Å². The second kappa shape index (κ2) is 14.0. The van der Waals surface area contributed by atoms with Crippen molar-refractivity contribution in [1.82, 2.24) is 0 Å². The smallest absolute Gasteiger partial charge is 0.148 e. The molecule has 0 aliphatic heterocycles. The molecule has 21 heavy (non-hydrogen) atoms. The van der Waals surface area contributed by atoms with Gasteiger partial charge in [0, 0.05) is 12.8 Å². The first-order valence-corrected chi connectivity index (χ1v) is 6.34. The third-order valence-electron chi connectivity index (χ3n) is 2.48. The van der Waals surface area contributed by atoms with Crippen molar-refractivity contribution >= 4 is 12.6 Å². The van der Waals surface area contributed by atoms with Crippen molar-refractivity contribution in [2.24, 2.45) is 0 Å². The van der Waals surface area contributed by atoms with E-state index in [1.165, 1.54) is 0 Å². The zero-order chi connectivity index (χ0) is 16.8. The number of aliphatic hydroxyl groups excluding tert-OH is 7. The molecule has 0 aromatic carbocycles. The molecule has 7 N–H and O–H groups in total. The van der Waals surface area contributed by atoms with Gasteiger partial charge >= 0.3 is 0 Å². The molecule has 0 aromatic rings. The van der Waals surface area contributed by atoms with E-state index >= 15 is 0 Å². The van der Waals surface area contributed by atoms with Gasteiger partial charge in [-0.05, 0) is 6.42 Å². The number of aliphatic hydroxyl groups is 7. The van der Waals surface area contributed by atoms with Crippen LogP contribution < -0.4 is 0 Å². The standard InChI is InChI=1S/C6H12O5.C6H12O4/c7-2-4(9)1-5(10)6(11)3-8;7-3-1-2-5(9)6(10)4-8/h2,4-6,8-11H,1,3H2;3,5-6,8-10H,1-2,4H2/t;5-,6-/m.0/s1. The lowest BCUT2D eigenvalue weighted by Gasteiger charge is -2.15. The molecule has 5 atom stereocenters. The number of carbonyl (C=O) groups is 2. The fraction of sp³-hybridized carbons (Fsp3) is 0.833. The molecule has 0 bridgehead atoms. The lowest BCUT2D eigenvalue weighted by atomic mass is 10.1. The summed E-state index contributed by atoms with van der Waals surface area (Å²) >= 11 is 0. The SMILES string of the molecule is O=CC(O)CC(O)C(O)CO.O=CCC[C@H](O)[C@@H](O)CO. The maximum absolute atomic E-state index is 9.85. The highest BCUT2D eigenvalue weighted by Gasteiger charge is 2.18. The van der Waals surface area contributed by atoms with E-state index in [-0.39, 0.29) is 25.5 Å². The van der Waals surface area contributed by atoms with E-state index in [9.17, 15) is 9.59 Å². The van der Waals surface area contributed by atoms with E-state index < -0.39 is 43.7 Å². The molecule has 9 nitrogen and oxygen atoms in total. The highest BCUT2D eigenvalue weighted by atomic mass is 16.4. The van der Waals surface area contributed by atoms with Gasteiger partial charge in [0.15, 0.2) is 0 Å². The van der Waals surface area contributed by atoms with Crippen LogP contribution in [0, 0.1) is 0 Å². The van der Waals surface area contributed by atoms with Crippen LogP contribution in [0.5, 0.6) is 0 Å². The topological polar surface area (TPSA) is 176 Å². The third kappa shape index (κ3) is 12.5. The second-order valence-corrected chi connectivity index (χ2v) is 4.32. The number of rotatable bonds is 10. The van der Waals surface area contributed by atoms with E-state index in [0.717, 1.165) is 0 Å². The Kier molecular flexibility index (Phi) is 14.9. The van der Waals surface area contributed by atoms with Gasteiger partial charge in [-0.1, -0.05) is 0 Å². The van der Waals surface area contributed by atoms with Gasteiger partial charge in [-0.3, -0.25) is 0 Å². The van der Waals surface area contributed by atoms with Crippen LogP contribution in [0.4, 0.5) is 0 Å². The van der Waals surface area contributed by atoms with Crippen molar-refractivity contribution in [2.75, 3.05) is 13.2 Å². The molecular formula is C12H24O9. The quantitative estimate of drug-likeness (QED) is 0.200. The molecule has 0 fully saturated rings. The minimum absolute atomic E-state index is 0.200. The molecule has 0 aromatic heterocycles. The average molecular weight is 312 g/mol. The summed E-state index contributed by atoms with van der Waals surface area (Å²) in [4.78, 5) is 19.6. The van der Waals surface area contributed by atoms with E-state index in [4.69, 9.17) is 35.7 Å². The lowest BCUT2D eigenvalue weighted by Crippen LogP contribution is -2.33. The predicted octanol–water partition coefficient (Wildman–Crippen LogP) is -3.67. The Bertz CT molecular complexity index is 261. The Balaban J connectivity index is 0. The molecule has 0 heterocycles. The lowest BCUT2D eigenvalue weighted by molar-refractivity contribution is -0.117. The number of hydrogen-bond donors (Lipinski definition) is 7. The Morgan fingerprint density at radius 1 is 0.762 bits per heavy atom. The van der Waals surface area contributed by atoms with Gasteiger partial charge in [0.1, 0.15) is 30.9 Å². The fourth-order valence-corrected chi connectivity index (χ4v) is 1.13. The number of carbonyl (C=O) groups excluding carboxylic acids is 2. The van der Waals surface area contributed by atoms with Crippen LogP contribution in [-0.2, 0) is 9.59 Å². The summed E-state index contributed by atoms with van der Waals surface area (Å²) in [5, 5.41) is 60.5. The van der Waals surface area contributed by atoms with E-state index in [1.807, 2.05) is 0 Å². The van der Waals surface area contributed by atoms with Crippen molar-refractivity contribution in [3.63, 3.8) is 0 Å². The highest BCUT2D eigenvalue weighted by molar-refractivity contribution is 5.55. The summed E-state index contributed by atoms with van der Waals surface area (Å²) in [6, 6.07) is 0. The van der Waals surface area contributed by atoms with Gasteiger partial charge in [0.25, 0.3) is 0 Å². The van der Waals surface area contributed by atoms with Crippen LogP contribution in [-0.4, -0.2) is 92.1 Å². The molecule has 0 spiro atoms. The number of aldehydes is 2. The van der Waals surface area contributed by atoms with Crippen molar-refractivity contribution in [3.8, 4) is 0 Å². The minimum atomic E-state index is -1.30. The summed E-state index contributed by atoms with van der Waals surface area (Å²) in [5.41, 5.74) is 0.